The third-order valence-corrected chi connectivity index (χ3v) is 3.00. The second-order valence-electron chi connectivity index (χ2n) is 4.93. The summed E-state index contributed by atoms with van der Waals surface area (Å²) < 4.78 is 5.66. The van der Waals surface area contributed by atoms with Gasteiger partial charge in [0.25, 0.3) is 0 Å². The van der Waals surface area contributed by atoms with E-state index in [9.17, 15) is 0 Å². The molecule has 0 aliphatic rings. The normalized spacial score (nSPS) is 10.9. The van der Waals surface area contributed by atoms with Crippen molar-refractivity contribution in [1.29, 1.82) is 0 Å². The van der Waals surface area contributed by atoms with E-state index in [2.05, 4.69) is 31.7 Å². The van der Waals surface area contributed by atoms with E-state index < -0.39 is 0 Å². The van der Waals surface area contributed by atoms with Crippen molar-refractivity contribution >= 4 is 11.4 Å². The van der Waals surface area contributed by atoms with Crippen LogP contribution in [-0.2, 0) is 4.74 Å². The first kappa shape index (κ1) is 14.8. The fourth-order valence-electron chi connectivity index (χ4n) is 1.82. The summed E-state index contributed by atoms with van der Waals surface area (Å²) in [6.45, 7) is 10.0. The van der Waals surface area contributed by atoms with Gasteiger partial charge in [0.2, 0.25) is 0 Å². The number of anilines is 2. The highest BCUT2D eigenvalue weighted by molar-refractivity contribution is 5.67. The van der Waals surface area contributed by atoms with Gasteiger partial charge < -0.3 is 15.4 Å². The molecule has 102 valence electrons. The van der Waals surface area contributed by atoms with E-state index in [0.29, 0.717) is 5.92 Å². The highest BCUT2D eigenvalue weighted by Gasteiger charge is 2.06. The van der Waals surface area contributed by atoms with E-state index in [0.717, 1.165) is 44.1 Å². The molecule has 3 nitrogen and oxygen atoms in total. The number of para-hydroxylation sites is 2. The van der Waals surface area contributed by atoms with Crippen LogP contribution in [0.5, 0.6) is 0 Å². The monoisotopic (exact) mass is 250 g/mol. The molecule has 3 heteroatoms. The molecule has 18 heavy (non-hydrogen) atoms. The lowest BCUT2D eigenvalue weighted by Gasteiger charge is -2.24. The van der Waals surface area contributed by atoms with Crippen LogP contribution in [0, 0.1) is 5.92 Å². The van der Waals surface area contributed by atoms with Crippen LogP contribution in [0.3, 0.4) is 0 Å². The molecule has 1 aromatic carbocycles. The molecular formula is C15H26N2O. The number of hydrogen-bond acceptors (Lipinski definition) is 3. The maximum absolute atomic E-state index is 5.98. The Balaban J connectivity index is 2.36. The van der Waals surface area contributed by atoms with Crippen LogP contribution in [0.1, 0.15) is 27.2 Å². The predicted octanol–water partition coefficient (Wildman–Crippen LogP) is 3.16. The molecule has 0 saturated carbocycles. The van der Waals surface area contributed by atoms with Gasteiger partial charge in [-0.25, -0.2) is 0 Å². The third-order valence-electron chi connectivity index (χ3n) is 3.00. The Morgan fingerprint density at radius 1 is 1.22 bits per heavy atom. The van der Waals surface area contributed by atoms with E-state index in [1.165, 1.54) is 0 Å². The number of benzene rings is 1. The Morgan fingerprint density at radius 2 is 1.94 bits per heavy atom. The van der Waals surface area contributed by atoms with E-state index in [4.69, 9.17) is 10.5 Å². The molecule has 0 aliphatic heterocycles. The van der Waals surface area contributed by atoms with Crippen LogP contribution in [0.2, 0.25) is 0 Å². The molecule has 0 heterocycles. The maximum Gasteiger partial charge on any atom is 0.0641 e. The van der Waals surface area contributed by atoms with Gasteiger partial charge in [-0.05, 0) is 31.4 Å². The van der Waals surface area contributed by atoms with Gasteiger partial charge in [0.05, 0.1) is 18.0 Å². The Labute approximate surface area is 111 Å². The molecule has 2 N–H and O–H groups in total. The summed E-state index contributed by atoms with van der Waals surface area (Å²) in [5, 5.41) is 0. The van der Waals surface area contributed by atoms with E-state index in [1.54, 1.807) is 0 Å². The average molecular weight is 250 g/mol. The largest absolute Gasteiger partial charge is 0.397 e. The summed E-state index contributed by atoms with van der Waals surface area (Å²) in [5.74, 6) is 0.706. The van der Waals surface area contributed by atoms with Crippen LogP contribution in [0.15, 0.2) is 24.3 Å². The quantitative estimate of drug-likeness (QED) is 0.569. The number of nitrogens with two attached hydrogens (primary N) is 1. The van der Waals surface area contributed by atoms with Gasteiger partial charge in [-0.3, -0.25) is 0 Å². The molecule has 0 spiro atoms. The lowest BCUT2D eigenvalue weighted by molar-refractivity contribution is 0.129. The number of hydrogen-bond donors (Lipinski definition) is 1. The molecular weight excluding hydrogens is 224 g/mol. The van der Waals surface area contributed by atoms with Gasteiger partial charge >= 0.3 is 0 Å². The van der Waals surface area contributed by atoms with Crippen LogP contribution < -0.4 is 10.6 Å². The van der Waals surface area contributed by atoms with E-state index >= 15 is 0 Å². The minimum Gasteiger partial charge on any atom is -0.397 e. The zero-order valence-electron chi connectivity index (χ0n) is 11.9. The van der Waals surface area contributed by atoms with Crippen molar-refractivity contribution in [2.75, 3.05) is 36.9 Å². The summed E-state index contributed by atoms with van der Waals surface area (Å²) in [4.78, 5) is 2.25. The van der Waals surface area contributed by atoms with Crippen molar-refractivity contribution in [2.45, 2.75) is 27.2 Å². The zero-order valence-corrected chi connectivity index (χ0v) is 11.9. The zero-order chi connectivity index (χ0) is 13.4. The second kappa shape index (κ2) is 7.98. The molecule has 0 unspecified atom stereocenters. The van der Waals surface area contributed by atoms with E-state index in [1.807, 2.05) is 18.2 Å². The molecule has 1 rings (SSSR count). The number of likely N-dealkylation sites (N-methyl/N-ethyl adjacent to an activating group) is 1. The summed E-state index contributed by atoms with van der Waals surface area (Å²) in [5.41, 5.74) is 7.92. The third kappa shape index (κ3) is 4.96. The summed E-state index contributed by atoms with van der Waals surface area (Å²) in [7, 11) is 0. The van der Waals surface area contributed by atoms with Crippen LogP contribution in [0.4, 0.5) is 11.4 Å². The molecule has 0 saturated heterocycles. The maximum atomic E-state index is 5.98. The van der Waals surface area contributed by atoms with Crippen molar-refractivity contribution < 1.29 is 4.74 Å². The Bertz CT molecular complexity index is 339. The molecule has 1 aromatic rings. The van der Waals surface area contributed by atoms with Gasteiger partial charge in [0, 0.05) is 19.7 Å². The summed E-state index contributed by atoms with van der Waals surface area (Å²) in [6.07, 6.45) is 1.12. The topological polar surface area (TPSA) is 38.5 Å². The number of ether oxygens (including phenoxy) is 1. The number of nitrogen functional groups attached to an aromatic ring is 1. The first-order valence-electron chi connectivity index (χ1n) is 6.82. The van der Waals surface area contributed by atoms with Crippen molar-refractivity contribution in [3.05, 3.63) is 24.3 Å². The SMILES string of the molecule is CCN(CCOCCC(C)C)c1ccccc1N. The Kier molecular flexibility index (Phi) is 6.58. The van der Waals surface area contributed by atoms with Crippen LogP contribution in [-0.4, -0.2) is 26.3 Å². The highest BCUT2D eigenvalue weighted by Crippen LogP contribution is 2.21. The smallest absolute Gasteiger partial charge is 0.0641 e. The average Bonchev–Trinajstić information content (AvgIpc) is 2.35. The van der Waals surface area contributed by atoms with Gasteiger partial charge in [0.1, 0.15) is 0 Å². The predicted molar refractivity (Wildman–Crippen MR) is 79.0 cm³/mol. The van der Waals surface area contributed by atoms with Crippen molar-refractivity contribution in [2.24, 2.45) is 5.92 Å². The van der Waals surface area contributed by atoms with Gasteiger partial charge in [-0.15, -0.1) is 0 Å². The fraction of sp³-hybridized carbons (Fsp3) is 0.600. The second-order valence-corrected chi connectivity index (χ2v) is 4.93. The first-order valence-corrected chi connectivity index (χ1v) is 6.82. The molecule has 0 aliphatic carbocycles. The molecule has 0 bridgehead atoms. The van der Waals surface area contributed by atoms with Crippen molar-refractivity contribution in [3.8, 4) is 0 Å². The van der Waals surface area contributed by atoms with Crippen molar-refractivity contribution in [3.63, 3.8) is 0 Å². The lowest BCUT2D eigenvalue weighted by atomic mass is 10.1. The number of rotatable bonds is 8. The number of nitrogens with zero attached hydrogens (tertiary/aromatic N) is 1. The Hall–Kier alpha value is -1.22. The standard InChI is InChI=1S/C15H26N2O/c1-4-17(10-12-18-11-9-13(2)3)15-8-6-5-7-14(15)16/h5-8,13H,4,9-12,16H2,1-3H3. The van der Waals surface area contributed by atoms with Gasteiger partial charge in [0.15, 0.2) is 0 Å². The minimum atomic E-state index is 0.706. The van der Waals surface area contributed by atoms with Crippen LogP contribution >= 0.6 is 0 Å². The summed E-state index contributed by atoms with van der Waals surface area (Å²) in [6, 6.07) is 7.99. The highest BCUT2D eigenvalue weighted by atomic mass is 16.5. The lowest BCUT2D eigenvalue weighted by Crippen LogP contribution is -2.28. The molecule has 0 radical (unpaired) electrons. The molecule has 0 fully saturated rings. The fourth-order valence-corrected chi connectivity index (χ4v) is 1.82. The molecule has 0 aromatic heterocycles. The van der Waals surface area contributed by atoms with Crippen molar-refractivity contribution in [1.82, 2.24) is 0 Å². The first-order chi connectivity index (χ1) is 8.65. The Morgan fingerprint density at radius 3 is 2.56 bits per heavy atom. The van der Waals surface area contributed by atoms with Crippen LogP contribution in [0.25, 0.3) is 0 Å². The van der Waals surface area contributed by atoms with E-state index in [-0.39, 0.29) is 0 Å². The molecule has 0 amide bonds. The van der Waals surface area contributed by atoms with Gasteiger partial charge in [-0.1, -0.05) is 26.0 Å². The molecule has 0 atom stereocenters. The summed E-state index contributed by atoms with van der Waals surface area (Å²) >= 11 is 0. The van der Waals surface area contributed by atoms with Gasteiger partial charge in [-0.2, -0.15) is 0 Å². The minimum absolute atomic E-state index is 0.706.